The molecule has 0 saturated heterocycles. The molecule has 2 aliphatic rings. The molecule has 0 N–H and O–H groups in total. The average molecular weight is 228 g/mol. The van der Waals surface area contributed by atoms with Gasteiger partial charge in [-0.25, -0.2) is 0 Å². The number of hydrogen-bond acceptors (Lipinski definition) is 2. The zero-order valence-electron chi connectivity index (χ0n) is 6.21. The Labute approximate surface area is 77.8 Å². The van der Waals surface area contributed by atoms with E-state index in [-0.39, 0.29) is 5.78 Å². The van der Waals surface area contributed by atoms with Gasteiger partial charge < -0.3 is 5.21 Å². The van der Waals surface area contributed by atoms with Crippen molar-refractivity contribution in [1.82, 2.24) is 0 Å². The zero-order valence-corrected chi connectivity index (χ0v) is 7.80. The molecule has 2 rings (SSSR count). The summed E-state index contributed by atoms with van der Waals surface area (Å²) in [6.07, 6.45) is 4.08. The Morgan fingerprint density at radius 1 is 1.50 bits per heavy atom. The Hall–Kier alpha value is -0.900. The van der Waals surface area contributed by atoms with Crippen LogP contribution in [0.4, 0.5) is 0 Å². The van der Waals surface area contributed by atoms with E-state index < -0.39 is 0 Å². The van der Waals surface area contributed by atoms with Crippen LogP contribution in [0.25, 0.3) is 0 Å². The molecule has 0 amide bonds. The van der Waals surface area contributed by atoms with Gasteiger partial charge in [0.15, 0.2) is 12.0 Å². The summed E-state index contributed by atoms with van der Waals surface area (Å²) >= 11 is 3.29. The summed E-state index contributed by atoms with van der Waals surface area (Å²) in [4.78, 5) is 11.3. The normalized spacial score (nSPS) is 22.2. The van der Waals surface area contributed by atoms with E-state index in [4.69, 9.17) is 0 Å². The SMILES string of the molecule is O=C1CCC(Br)=C2C1=CC=[N+]2[O-]. The van der Waals surface area contributed by atoms with Crippen LogP contribution in [0.3, 0.4) is 0 Å². The number of allylic oxidation sites excluding steroid dienone is 3. The number of carbonyl (C=O) groups is 1. The minimum Gasteiger partial charge on any atom is -0.618 e. The van der Waals surface area contributed by atoms with Crippen molar-refractivity contribution in [1.29, 1.82) is 0 Å². The van der Waals surface area contributed by atoms with E-state index in [9.17, 15) is 10.0 Å². The molecule has 0 aromatic rings. The maximum atomic E-state index is 11.3. The van der Waals surface area contributed by atoms with E-state index in [0.29, 0.717) is 24.1 Å². The van der Waals surface area contributed by atoms with Gasteiger partial charge in [0.05, 0.1) is 10.1 Å². The summed E-state index contributed by atoms with van der Waals surface area (Å²) in [7, 11) is 0. The van der Waals surface area contributed by atoms with Gasteiger partial charge in [0.1, 0.15) is 0 Å². The molecule has 0 unspecified atom stereocenters. The lowest BCUT2D eigenvalue weighted by Crippen LogP contribution is -2.14. The predicted octanol–water partition coefficient (Wildman–Crippen LogP) is 1.48. The highest BCUT2D eigenvalue weighted by Gasteiger charge is 2.32. The maximum Gasteiger partial charge on any atom is 0.237 e. The molecule has 0 aromatic carbocycles. The van der Waals surface area contributed by atoms with E-state index in [2.05, 4.69) is 15.9 Å². The number of nitrogens with zero attached hydrogens (tertiary/aromatic N) is 1. The van der Waals surface area contributed by atoms with Crippen molar-refractivity contribution in [3.63, 3.8) is 0 Å². The quantitative estimate of drug-likeness (QED) is 0.465. The second kappa shape index (κ2) is 2.55. The fourth-order valence-electron chi connectivity index (χ4n) is 1.38. The van der Waals surface area contributed by atoms with Crippen molar-refractivity contribution < 1.29 is 9.53 Å². The van der Waals surface area contributed by atoms with Crippen LogP contribution < -0.4 is 0 Å². The van der Waals surface area contributed by atoms with Gasteiger partial charge in [-0.3, -0.25) is 4.79 Å². The molecule has 0 fully saturated rings. The predicted molar refractivity (Wildman–Crippen MR) is 48.0 cm³/mol. The van der Waals surface area contributed by atoms with Crippen LogP contribution in [0.15, 0.2) is 21.8 Å². The van der Waals surface area contributed by atoms with E-state index in [1.807, 2.05) is 0 Å². The number of halogens is 1. The van der Waals surface area contributed by atoms with Crippen molar-refractivity contribution in [2.75, 3.05) is 0 Å². The first-order valence-corrected chi connectivity index (χ1v) is 4.43. The van der Waals surface area contributed by atoms with Gasteiger partial charge in [0, 0.05) is 12.5 Å². The first-order valence-electron chi connectivity index (χ1n) is 3.64. The molecular weight excluding hydrogens is 222 g/mol. The Kier molecular flexibility index (Phi) is 1.65. The second-order valence-electron chi connectivity index (χ2n) is 2.73. The van der Waals surface area contributed by atoms with Crippen LogP contribution in [0.5, 0.6) is 0 Å². The number of fused-ring (bicyclic) bond motifs is 1. The highest BCUT2D eigenvalue weighted by Crippen LogP contribution is 2.32. The van der Waals surface area contributed by atoms with Gasteiger partial charge in [0.25, 0.3) is 0 Å². The Bertz CT molecular complexity index is 352. The summed E-state index contributed by atoms with van der Waals surface area (Å²) in [5.74, 6) is 0.0581. The van der Waals surface area contributed by atoms with Crippen LogP contribution in [0, 0.1) is 5.21 Å². The topological polar surface area (TPSA) is 43.1 Å². The molecule has 0 atom stereocenters. The monoisotopic (exact) mass is 227 g/mol. The molecule has 1 aliphatic heterocycles. The lowest BCUT2D eigenvalue weighted by Gasteiger charge is -2.12. The molecule has 0 aromatic heterocycles. The largest absolute Gasteiger partial charge is 0.618 e. The number of hydrogen-bond donors (Lipinski definition) is 0. The summed E-state index contributed by atoms with van der Waals surface area (Å²) in [5, 5.41) is 11.1. The second-order valence-corrected chi connectivity index (χ2v) is 3.69. The minimum atomic E-state index is 0.0581. The third-order valence-corrected chi connectivity index (χ3v) is 2.75. The number of rotatable bonds is 0. The first-order chi connectivity index (χ1) is 5.70. The Balaban J connectivity index is 2.55. The molecule has 3 nitrogen and oxygen atoms in total. The molecule has 4 heteroatoms. The highest BCUT2D eigenvalue weighted by molar-refractivity contribution is 9.11. The van der Waals surface area contributed by atoms with Gasteiger partial charge in [-0.05, 0) is 22.4 Å². The lowest BCUT2D eigenvalue weighted by atomic mass is 9.98. The molecule has 0 spiro atoms. The molecule has 1 aliphatic carbocycles. The van der Waals surface area contributed by atoms with Crippen LogP contribution >= 0.6 is 15.9 Å². The third kappa shape index (κ3) is 0.948. The van der Waals surface area contributed by atoms with Crippen LogP contribution in [-0.2, 0) is 4.79 Å². The fourth-order valence-corrected chi connectivity index (χ4v) is 1.97. The highest BCUT2D eigenvalue weighted by atomic mass is 79.9. The third-order valence-electron chi connectivity index (χ3n) is 1.98. The summed E-state index contributed by atoms with van der Waals surface area (Å²) in [5.41, 5.74) is 1.04. The number of carbonyl (C=O) groups excluding carboxylic acids is 1. The molecule has 62 valence electrons. The molecule has 1 heterocycles. The Morgan fingerprint density at radius 3 is 2.92 bits per heavy atom. The van der Waals surface area contributed by atoms with Gasteiger partial charge in [0.2, 0.25) is 5.70 Å². The van der Waals surface area contributed by atoms with Crippen molar-refractivity contribution in [3.8, 4) is 0 Å². The molecule has 0 radical (unpaired) electrons. The van der Waals surface area contributed by atoms with Crippen molar-refractivity contribution in [3.05, 3.63) is 27.0 Å². The average Bonchev–Trinajstić information content (AvgIpc) is 2.42. The van der Waals surface area contributed by atoms with E-state index in [0.717, 1.165) is 9.22 Å². The van der Waals surface area contributed by atoms with Gasteiger partial charge in [-0.15, -0.1) is 0 Å². The summed E-state index contributed by atoms with van der Waals surface area (Å²) in [6, 6.07) is 0. The Morgan fingerprint density at radius 2 is 2.25 bits per heavy atom. The molecule has 0 bridgehead atoms. The van der Waals surface area contributed by atoms with E-state index in [1.165, 1.54) is 6.21 Å². The smallest absolute Gasteiger partial charge is 0.237 e. The first kappa shape index (κ1) is 7.73. The molecule has 0 saturated carbocycles. The van der Waals surface area contributed by atoms with Crippen molar-refractivity contribution >= 4 is 27.9 Å². The zero-order chi connectivity index (χ0) is 8.72. The molecular formula is C8H6BrNO2. The molecule has 12 heavy (non-hydrogen) atoms. The van der Waals surface area contributed by atoms with Crippen LogP contribution in [-0.4, -0.2) is 16.7 Å². The number of hydroxylamine groups is 1. The van der Waals surface area contributed by atoms with Gasteiger partial charge in [-0.2, -0.15) is 4.74 Å². The van der Waals surface area contributed by atoms with Crippen LogP contribution in [0.2, 0.25) is 0 Å². The summed E-state index contributed by atoms with van der Waals surface area (Å²) < 4.78 is 1.56. The van der Waals surface area contributed by atoms with Gasteiger partial charge >= 0.3 is 0 Å². The van der Waals surface area contributed by atoms with E-state index >= 15 is 0 Å². The van der Waals surface area contributed by atoms with E-state index in [1.54, 1.807) is 6.08 Å². The van der Waals surface area contributed by atoms with Crippen molar-refractivity contribution in [2.24, 2.45) is 0 Å². The van der Waals surface area contributed by atoms with Crippen LogP contribution in [0.1, 0.15) is 12.8 Å². The number of ketones is 1. The fraction of sp³-hybridized carbons (Fsp3) is 0.250. The summed E-state index contributed by atoms with van der Waals surface area (Å²) in [6.45, 7) is 0. The van der Waals surface area contributed by atoms with Crippen molar-refractivity contribution in [2.45, 2.75) is 12.8 Å². The lowest BCUT2D eigenvalue weighted by molar-refractivity contribution is -0.388. The maximum absolute atomic E-state index is 11.3. The minimum absolute atomic E-state index is 0.0581. The standard InChI is InChI=1S/C8H6BrNO2/c9-6-1-2-7(11)5-3-4-10(12)8(5)6/h3-4H,1-2H2. The van der Waals surface area contributed by atoms with Gasteiger partial charge in [-0.1, -0.05) is 0 Å². The number of Topliss-reactive ketones (excluding diaryl/α,β-unsaturated/α-hetero) is 1.